The van der Waals surface area contributed by atoms with Crippen LogP contribution in [-0.4, -0.2) is 32.3 Å². The van der Waals surface area contributed by atoms with E-state index in [0.29, 0.717) is 17.2 Å². The van der Waals surface area contributed by atoms with Crippen molar-refractivity contribution in [2.24, 2.45) is 0 Å². The van der Waals surface area contributed by atoms with Crippen molar-refractivity contribution in [3.63, 3.8) is 0 Å². The molecule has 8 heteroatoms. The van der Waals surface area contributed by atoms with Crippen LogP contribution in [0.25, 0.3) is 0 Å². The van der Waals surface area contributed by atoms with E-state index in [1.807, 2.05) is 0 Å². The monoisotopic (exact) mass is 374 g/mol. The van der Waals surface area contributed by atoms with Gasteiger partial charge in [-0.05, 0) is 25.1 Å². The average Bonchev–Trinajstić information content (AvgIpc) is 3.14. The van der Waals surface area contributed by atoms with Crippen molar-refractivity contribution in [3.8, 4) is 11.5 Å². The minimum absolute atomic E-state index is 0.0855. The Morgan fingerprint density at radius 3 is 2.63 bits per heavy atom. The fourth-order valence-electron chi connectivity index (χ4n) is 2.66. The van der Waals surface area contributed by atoms with Crippen molar-refractivity contribution < 1.29 is 28.2 Å². The van der Waals surface area contributed by atoms with Crippen molar-refractivity contribution >= 4 is 17.5 Å². The number of fused-ring (bicyclic) bond motifs is 1. The molecule has 0 aliphatic carbocycles. The molecule has 1 aliphatic heterocycles. The van der Waals surface area contributed by atoms with Crippen molar-refractivity contribution in [2.75, 3.05) is 25.8 Å². The van der Waals surface area contributed by atoms with E-state index in [0.717, 1.165) is 0 Å². The Morgan fingerprint density at radius 2 is 1.89 bits per heavy atom. The van der Waals surface area contributed by atoms with Crippen LogP contribution in [0, 0.1) is 5.82 Å². The van der Waals surface area contributed by atoms with Gasteiger partial charge < -0.3 is 24.8 Å². The van der Waals surface area contributed by atoms with E-state index in [1.54, 1.807) is 43.3 Å². The molecule has 27 heavy (non-hydrogen) atoms. The van der Waals surface area contributed by atoms with Gasteiger partial charge in [-0.3, -0.25) is 9.59 Å². The average molecular weight is 374 g/mol. The molecule has 2 aromatic carbocycles. The van der Waals surface area contributed by atoms with Gasteiger partial charge >= 0.3 is 11.8 Å². The van der Waals surface area contributed by atoms with Gasteiger partial charge in [0.05, 0.1) is 6.54 Å². The Morgan fingerprint density at radius 1 is 1.15 bits per heavy atom. The molecule has 0 saturated heterocycles. The summed E-state index contributed by atoms with van der Waals surface area (Å²) in [5.41, 5.74) is -0.452. The number of hydrogen-bond donors (Lipinski definition) is 2. The number of carbonyl (C=O) groups is 2. The van der Waals surface area contributed by atoms with Gasteiger partial charge in [0.1, 0.15) is 11.4 Å². The van der Waals surface area contributed by atoms with E-state index in [-0.39, 0.29) is 18.9 Å². The van der Waals surface area contributed by atoms with Crippen molar-refractivity contribution in [2.45, 2.75) is 12.5 Å². The number of methoxy groups -OCH3 is 1. The lowest BCUT2D eigenvalue weighted by Crippen LogP contribution is -2.44. The molecular formula is C19H19FN2O5. The number of ether oxygens (including phenoxy) is 3. The highest BCUT2D eigenvalue weighted by atomic mass is 19.1. The summed E-state index contributed by atoms with van der Waals surface area (Å²) in [4.78, 5) is 24.2. The fraction of sp³-hybridized carbons (Fsp3) is 0.263. The molecule has 0 saturated carbocycles. The van der Waals surface area contributed by atoms with Crippen LogP contribution in [0.3, 0.4) is 0 Å². The van der Waals surface area contributed by atoms with E-state index in [2.05, 4.69) is 10.6 Å². The standard InChI is InChI=1S/C19H19FN2O5/c1-19(25-2,13-5-3-4-6-14(13)20)10-21-17(23)18(24)22-12-7-8-15-16(9-12)27-11-26-15/h3-9H,10-11H2,1-2H3,(H,21,23)(H,22,24). The maximum absolute atomic E-state index is 14.1. The first-order valence-corrected chi connectivity index (χ1v) is 8.22. The number of rotatable bonds is 5. The topological polar surface area (TPSA) is 85.9 Å². The van der Waals surface area contributed by atoms with Gasteiger partial charge in [0.2, 0.25) is 6.79 Å². The highest BCUT2D eigenvalue weighted by molar-refractivity contribution is 6.39. The summed E-state index contributed by atoms with van der Waals surface area (Å²) in [6, 6.07) is 10.9. The molecule has 0 aromatic heterocycles. The molecule has 0 bridgehead atoms. The maximum atomic E-state index is 14.1. The summed E-state index contributed by atoms with van der Waals surface area (Å²) in [6.45, 7) is 1.65. The van der Waals surface area contributed by atoms with Crippen LogP contribution < -0.4 is 20.1 Å². The Balaban J connectivity index is 1.62. The molecule has 1 atom stereocenters. The molecule has 2 amide bonds. The number of halogens is 1. The number of benzene rings is 2. The van der Waals surface area contributed by atoms with Crippen LogP contribution in [0.5, 0.6) is 11.5 Å². The quantitative estimate of drug-likeness (QED) is 0.784. The third-order valence-corrected chi connectivity index (χ3v) is 4.32. The molecule has 7 nitrogen and oxygen atoms in total. The van der Waals surface area contributed by atoms with E-state index in [4.69, 9.17) is 14.2 Å². The van der Waals surface area contributed by atoms with Gasteiger partial charge in [-0.1, -0.05) is 18.2 Å². The van der Waals surface area contributed by atoms with Crippen LogP contribution in [0.1, 0.15) is 12.5 Å². The Hall–Kier alpha value is -3.13. The lowest BCUT2D eigenvalue weighted by molar-refractivity contribution is -0.137. The number of nitrogens with one attached hydrogen (secondary N) is 2. The zero-order valence-corrected chi connectivity index (χ0v) is 14.9. The van der Waals surface area contributed by atoms with Crippen molar-refractivity contribution in [1.29, 1.82) is 0 Å². The maximum Gasteiger partial charge on any atom is 0.313 e. The Bertz CT molecular complexity index is 873. The zero-order chi connectivity index (χ0) is 19.4. The number of carbonyl (C=O) groups excluding carboxylic acids is 2. The molecule has 0 fully saturated rings. The normalized spacial score (nSPS) is 14.3. The molecule has 1 aliphatic rings. The third kappa shape index (κ3) is 4.01. The Kier molecular flexibility index (Phi) is 5.27. The van der Waals surface area contributed by atoms with Crippen LogP contribution in [-0.2, 0) is 19.9 Å². The van der Waals surface area contributed by atoms with Gasteiger partial charge in [0, 0.05) is 24.4 Å². The summed E-state index contributed by atoms with van der Waals surface area (Å²) in [5.74, 6) is -1.13. The van der Waals surface area contributed by atoms with E-state index >= 15 is 0 Å². The van der Waals surface area contributed by atoms with Gasteiger partial charge in [0.25, 0.3) is 0 Å². The van der Waals surface area contributed by atoms with Crippen molar-refractivity contribution in [3.05, 3.63) is 53.8 Å². The second-order valence-electron chi connectivity index (χ2n) is 6.12. The summed E-state index contributed by atoms with van der Waals surface area (Å²) >= 11 is 0. The second-order valence-corrected chi connectivity index (χ2v) is 6.12. The van der Waals surface area contributed by atoms with Crippen LogP contribution in [0.4, 0.5) is 10.1 Å². The van der Waals surface area contributed by atoms with E-state index in [9.17, 15) is 14.0 Å². The Labute approximate surface area is 155 Å². The van der Waals surface area contributed by atoms with Gasteiger partial charge in [-0.2, -0.15) is 0 Å². The lowest BCUT2D eigenvalue weighted by atomic mass is 9.95. The number of anilines is 1. The molecule has 2 N–H and O–H groups in total. The number of hydrogen-bond acceptors (Lipinski definition) is 5. The first-order valence-electron chi connectivity index (χ1n) is 8.22. The van der Waals surface area contributed by atoms with Crippen LogP contribution in [0.15, 0.2) is 42.5 Å². The summed E-state index contributed by atoms with van der Waals surface area (Å²) < 4.78 is 29.9. The lowest BCUT2D eigenvalue weighted by Gasteiger charge is -2.29. The smallest absolute Gasteiger partial charge is 0.313 e. The minimum atomic E-state index is -1.12. The predicted molar refractivity (Wildman–Crippen MR) is 95.0 cm³/mol. The minimum Gasteiger partial charge on any atom is -0.454 e. The van der Waals surface area contributed by atoms with E-state index in [1.165, 1.54) is 13.2 Å². The SMILES string of the molecule is COC(C)(CNC(=O)C(=O)Nc1ccc2c(c1)OCO2)c1ccccc1F. The first-order chi connectivity index (χ1) is 12.9. The second kappa shape index (κ2) is 7.63. The molecule has 142 valence electrons. The first kappa shape index (κ1) is 18.7. The van der Waals surface area contributed by atoms with Gasteiger partial charge in [-0.15, -0.1) is 0 Å². The summed E-state index contributed by atoms with van der Waals surface area (Å²) in [6.07, 6.45) is 0. The van der Waals surface area contributed by atoms with Gasteiger partial charge in [-0.25, -0.2) is 4.39 Å². The molecule has 3 rings (SSSR count). The van der Waals surface area contributed by atoms with Gasteiger partial charge in [0.15, 0.2) is 11.5 Å². The van der Waals surface area contributed by atoms with Crippen LogP contribution in [0.2, 0.25) is 0 Å². The molecule has 1 heterocycles. The van der Waals surface area contributed by atoms with Crippen LogP contribution >= 0.6 is 0 Å². The molecule has 0 radical (unpaired) electrons. The molecule has 1 unspecified atom stereocenters. The van der Waals surface area contributed by atoms with E-state index < -0.39 is 23.2 Å². The summed E-state index contributed by atoms with van der Waals surface area (Å²) in [5, 5.41) is 4.95. The highest BCUT2D eigenvalue weighted by Crippen LogP contribution is 2.34. The van der Waals surface area contributed by atoms with Crippen molar-refractivity contribution in [1.82, 2.24) is 5.32 Å². The molecule has 2 aromatic rings. The fourth-order valence-corrected chi connectivity index (χ4v) is 2.66. The predicted octanol–water partition coefficient (Wildman–Crippen LogP) is 2.17. The largest absolute Gasteiger partial charge is 0.454 e. The molecular weight excluding hydrogens is 355 g/mol. The summed E-state index contributed by atoms with van der Waals surface area (Å²) in [7, 11) is 1.41. The molecule has 0 spiro atoms. The zero-order valence-electron chi connectivity index (χ0n) is 14.9. The number of amides is 2. The third-order valence-electron chi connectivity index (χ3n) is 4.32. The highest BCUT2D eigenvalue weighted by Gasteiger charge is 2.30.